The molecule has 8 heteroatoms. The van der Waals surface area contributed by atoms with Gasteiger partial charge in [-0.15, -0.1) is 0 Å². The lowest BCUT2D eigenvalue weighted by Gasteiger charge is -2.09. The quantitative estimate of drug-likeness (QED) is 0.541. The Morgan fingerprint density at radius 3 is 1.56 bits per heavy atom. The summed E-state index contributed by atoms with van der Waals surface area (Å²) in [6.45, 7) is -0.174. The van der Waals surface area contributed by atoms with Gasteiger partial charge in [0.15, 0.2) is 0 Å². The average molecular weight is 255 g/mol. The van der Waals surface area contributed by atoms with Gasteiger partial charge in [0.2, 0.25) is 0 Å². The Morgan fingerprint density at radius 1 is 0.833 bits per heavy atom. The maximum Gasteiger partial charge on any atom is 0.336 e. The van der Waals surface area contributed by atoms with Gasteiger partial charge in [-0.3, -0.25) is 0 Å². The molecule has 0 atom stereocenters. The Morgan fingerprint density at radius 2 is 1.22 bits per heavy atom. The van der Waals surface area contributed by atoms with E-state index in [-0.39, 0.29) is 25.9 Å². The smallest absolute Gasteiger partial charge is 0.303 e. The van der Waals surface area contributed by atoms with Crippen LogP contribution in [0.2, 0.25) is 0 Å². The second-order valence-corrected chi connectivity index (χ2v) is 3.62. The Bertz CT molecular complexity index is 572. The third-order valence-corrected chi connectivity index (χ3v) is 2.44. The molecule has 0 N–H and O–H groups in total. The van der Waals surface area contributed by atoms with Crippen molar-refractivity contribution >= 4 is 12.6 Å². The molecule has 1 aromatic rings. The van der Waals surface area contributed by atoms with Crippen LogP contribution in [0.3, 0.4) is 0 Å². The van der Waals surface area contributed by atoms with Crippen LogP contribution in [0.1, 0.15) is 12.8 Å². The van der Waals surface area contributed by atoms with E-state index in [1.54, 1.807) is 0 Å². The molecule has 1 heterocycles. The van der Waals surface area contributed by atoms with Crippen molar-refractivity contribution in [1.82, 2.24) is 13.7 Å². The predicted octanol–water partition coefficient (Wildman–Crippen LogP) is -2.11. The van der Waals surface area contributed by atoms with Crippen LogP contribution in [-0.2, 0) is 29.7 Å². The molecule has 0 aliphatic heterocycles. The zero-order valence-electron chi connectivity index (χ0n) is 9.87. The normalized spacial score (nSPS) is 10.3. The minimum atomic E-state index is -0.799. The van der Waals surface area contributed by atoms with Crippen molar-refractivity contribution in [3.05, 3.63) is 31.5 Å². The highest BCUT2D eigenvalue weighted by atomic mass is 16.2. The van der Waals surface area contributed by atoms with Gasteiger partial charge in [-0.25, -0.2) is 28.1 Å². The van der Waals surface area contributed by atoms with Gasteiger partial charge in [0.05, 0.1) is 0 Å². The van der Waals surface area contributed by atoms with Crippen LogP contribution in [0.4, 0.5) is 0 Å². The van der Waals surface area contributed by atoms with E-state index in [0.717, 1.165) is 13.7 Å². The van der Waals surface area contributed by atoms with Crippen LogP contribution < -0.4 is 17.1 Å². The summed E-state index contributed by atoms with van der Waals surface area (Å²) in [6, 6.07) is 0. The number of aromatic nitrogens is 3. The van der Waals surface area contributed by atoms with Gasteiger partial charge in [-0.05, 0) is 0 Å². The van der Waals surface area contributed by atoms with E-state index < -0.39 is 17.1 Å². The predicted molar refractivity (Wildman–Crippen MR) is 61.6 cm³/mol. The van der Waals surface area contributed by atoms with Gasteiger partial charge in [0.25, 0.3) is 0 Å². The van der Waals surface area contributed by atoms with Crippen LogP contribution in [0.15, 0.2) is 14.4 Å². The summed E-state index contributed by atoms with van der Waals surface area (Å²) in [6.07, 6.45) is 1.15. The van der Waals surface area contributed by atoms with E-state index in [4.69, 9.17) is 0 Å². The molecule has 0 unspecified atom stereocenters. The molecule has 0 saturated carbocycles. The molecule has 0 aromatic carbocycles. The fourth-order valence-corrected chi connectivity index (χ4v) is 1.50. The molecule has 0 fully saturated rings. The first-order valence-electron chi connectivity index (χ1n) is 5.32. The van der Waals surface area contributed by atoms with E-state index in [9.17, 15) is 24.0 Å². The molecule has 1 aromatic heterocycles. The summed E-state index contributed by atoms with van der Waals surface area (Å²) in [5.41, 5.74) is -2.34. The second-order valence-electron chi connectivity index (χ2n) is 3.62. The first-order valence-corrected chi connectivity index (χ1v) is 5.32. The number of rotatable bonds is 6. The molecule has 1 rings (SSSR count). The van der Waals surface area contributed by atoms with Crippen molar-refractivity contribution in [2.75, 3.05) is 0 Å². The summed E-state index contributed by atoms with van der Waals surface area (Å²) in [4.78, 5) is 55.7. The van der Waals surface area contributed by atoms with Crippen molar-refractivity contribution < 1.29 is 9.59 Å². The molecule has 0 amide bonds. The van der Waals surface area contributed by atoms with Crippen molar-refractivity contribution in [2.24, 2.45) is 7.05 Å². The summed E-state index contributed by atoms with van der Waals surface area (Å²) in [5.74, 6) is 0. The van der Waals surface area contributed by atoms with E-state index in [2.05, 4.69) is 0 Å². The number of nitrogens with zero attached hydrogens (tertiary/aromatic N) is 3. The molecular formula is C10H13N3O5. The van der Waals surface area contributed by atoms with Crippen LogP contribution in [0.25, 0.3) is 0 Å². The zero-order chi connectivity index (χ0) is 13.7. The van der Waals surface area contributed by atoms with Crippen molar-refractivity contribution in [3.63, 3.8) is 0 Å². The highest BCUT2D eigenvalue weighted by molar-refractivity contribution is 5.49. The zero-order valence-corrected chi connectivity index (χ0v) is 9.87. The van der Waals surface area contributed by atoms with Gasteiger partial charge in [0.1, 0.15) is 12.6 Å². The number of carbonyl (C=O) groups is 2. The van der Waals surface area contributed by atoms with Gasteiger partial charge < -0.3 is 9.59 Å². The van der Waals surface area contributed by atoms with Crippen molar-refractivity contribution in [3.8, 4) is 0 Å². The molecule has 0 bridgehead atoms. The van der Waals surface area contributed by atoms with Gasteiger partial charge >= 0.3 is 17.1 Å². The second kappa shape index (κ2) is 5.89. The minimum absolute atomic E-state index is 0.00102. The average Bonchev–Trinajstić information content (AvgIpc) is 2.36. The first kappa shape index (κ1) is 13.8. The minimum Gasteiger partial charge on any atom is -0.303 e. The molecule has 8 nitrogen and oxygen atoms in total. The molecule has 0 aliphatic carbocycles. The Hall–Kier alpha value is -2.25. The van der Waals surface area contributed by atoms with Crippen LogP contribution in [0.5, 0.6) is 0 Å². The number of hydrogen-bond donors (Lipinski definition) is 0. The lowest BCUT2D eigenvalue weighted by Crippen LogP contribution is -2.53. The van der Waals surface area contributed by atoms with E-state index in [1.807, 2.05) is 0 Å². The number of hydrogen-bond acceptors (Lipinski definition) is 5. The maximum atomic E-state index is 11.9. The molecule has 0 spiro atoms. The molecule has 0 aliphatic rings. The van der Waals surface area contributed by atoms with Crippen LogP contribution in [0, 0.1) is 0 Å². The number of carbonyl (C=O) groups excluding carboxylic acids is 2. The molecule has 0 saturated heterocycles. The summed E-state index contributed by atoms with van der Waals surface area (Å²) in [5, 5.41) is 0. The third-order valence-electron chi connectivity index (χ3n) is 2.44. The van der Waals surface area contributed by atoms with Crippen LogP contribution in [-0.4, -0.2) is 26.3 Å². The Kier molecular flexibility index (Phi) is 4.52. The summed E-state index contributed by atoms with van der Waals surface area (Å²) >= 11 is 0. The Labute approximate surface area is 101 Å². The van der Waals surface area contributed by atoms with Crippen LogP contribution >= 0.6 is 0 Å². The SMILES string of the molecule is Cn1c(=O)n(CCC=O)c(=O)n(CCC=O)c1=O. The standard InChI is InChI=1S/C10H13N3O5/c1-11-8(16)12(4-2-6-14)10(18)13(9(11)17)5-3-7-15/h6-7H,2-5H2,1H3. The fraction of sp³-hybridized carbons (Fsp3) is 0.500. The summed E-state index contributed by atoms with van der Waals surface area (Å²) < 4.78 is 2.39. The first-order chi connectivity index (χ1) is 8.54. The van der Waals surface area contributed by atoms with Gasteiger partial charge in [-0.2, -0.15) is 0 Å². The lowest BCUT2D eigenvalue weighted by atomic mass is 10.4. The van der Waals surface area contributed by atoms with Gasteiger partial charge in [-0.1, -0.05) is 0 Å². The fourth-order valence-electron chi connectivity index (χ4n) is 1.50. The summed E-state index contributed by atoms with van der Waals surface area (Å²) in [7, 11) is 1.24. The van der Waals surface area contributed by atoms with E-state index in [0.29, 0.717) is 12.6 Å². The maximum absolute atomic E-state index is 11.9. The van der Waals surface area contributed by atoms with Crippen molar-refractivity contribution in [2.45, 2.75) is 25.9 Å². The molecule has 0 radical (unpaired) electrons. The monoisotopic (exact) mass is 255 g/mol. The molecule has 18 heavy (non-hydrogen) atoms. The topological polar surface area (TPSA) is 100 Å². The highest BCUT2D eigenvalue weighted by Gasteiger charge is 2.12. The Balaban J connectivity index is 3.44. The van der Waals surface area contributed by atoms with Crippen molar-refractivity contribution in [1.29, 1.82) is 0 Å². The van der Waals surface area contributed by atoms with E-state index in [1.165, 1.54) is 7.05 Å². The molecular weight excluding hydrogens is 242 g/mol. The molecule has 98 valence electrons. The van der Waals surface area contributed by atoms with Gasteiger partial charge in [0, 0.05) is 33.0 Å². The van der Waals surface area contributed by atoms with E-state index >= 15 is 0 Å². The lowest BCUT2D eigenvalue weighted by molar-refractivity contribution is -0.108. The largest absolute Gasteiger partial charge is 0.336 e. The number of aldehydes is 2. The third kappa shape index (κ3) is 2.53. The highest BCUT2D eigenvalue weighted by Crippen LogP contribution is 1.80.